The van der Waals surface area contributed by atoms with Gasteiger partial charge in [-0.25, -0.2) is 0 Å². The van der Waals surface area contributed by atoms with Gasteiger partial charge in [0.25, 0.3) is 0 Å². The number of hydrogen-bond donors (Lipinski definition) is 1. The van der Waals surface area contributed by atoms with Gasteiger partial charge in [-0.05, 0) is 24.6 Å². The average molecular weight is 338 g/mol. The first kappa shape index (κ1) is 16.8. The first-order valence-electron chi connectivity index (χ1n) is 7.05. The van der Waals surface area contributed by atoms with Gasteiger partial charge in [0.1, 0.15) is 10.1 Å². The summed E-state index contributed by atoms with van der Waals surface area (Å²) in [4.78, 5) is 24.9. The van der Waals surface area contributed by atoms with E-state index in [4.69, 9.17) is 17.0 Å². The van der Waals surface area contributed by atoms with Gasteiger partial charge in [0.05, 0.1) is 18.8 Å². The molecule has 1 aromatic carbocycles. The van der Waals surface area contributed by atoms with E-state index in [0.29, 0.717) is 36.2 Å². The molecule has 1 saturated heterocycles. The van der Waals surface area contributed by atoms with Crippen LogP contribution in [0.2, 0.25) is 0 Å². The Kier molecular flexibility index (Phi) is 6.21. The van der Waals surface area contributed by atoms with Crippen molar-refractivity contribution in [3.8, 4) is 5.75 Å². The maximum Gasteiger partial charge on any atom is 0.238 e. The normalized spacial score (nSPS) is 14.3. The highest BCUT2D eigenvalue weighted by Gasteiger charge is 2.25. The third-order valence-electron chi connectivity index (χ3n) is 3.10. The Morgan fingerprint density at radius 1 is 1.41 bits per heavy atom. The molecule has 0 saturated carbocycles. The molecule has 2 rings (SSSR count). The van der Waals surface area contributed by atoms with Crippen molar-refractivity contribution in [1.82, 2.24) is 10.2 Å². The second-order valence-corrected chi connectivity index (χ2v) is 6.31. The second kappa shape index (κ2) is 8.14. The molecular formula is C15H18N2O3S2. The van der Waals surface area contributed by atoms with E-state index in [1.54, 1.807) is 0 Å². The molecule has 1 aliphatic rings. The van der Waals surface area contributed by atoms with Crippen molar-refractivity contribution >= 4 is 40.1 Å². The summed E-state index contributed by atoms with van der Waals surface area (Å²) in [7, 11) is 0. The van der Waals surface area contributed by atoms with Crippen LogP contribution in [0.25, 0.3) is 0 Å². The minimum absolute atomic E-state index is 0.00996. The summed E-state index contributed by atoms with van der Waals surface area (Å²) in [5.41, 5.74) is 0.921. The molecule has 1 fully saturated rings. The van der Waals surface area contributed by atoms with Crippen LogP contribution >= 0.6 is 24.0 Å². The van der Waals surface area contributed by atoms with Crippen molar-refractivity contribution in [1.29, 1.82) is 0 Å². The van der Waals surface area contributed by atoms with Crippen LogP contribution in [0.5, 0.6) is 5.75 Å². The standard InChI is InChI=1S/C15H18N2O3S2/c1-2-20-12-5-3-11(4-6-12)9-13(18)16-7-8-17-14(19)10-22-15(17)21/h3-6H,2,7-10H2,1H3,(H,16,18). The van der Waals surface area contributed by atoms with E-state index in [1.165, 1.54) is 16.7 Å². The fourth-order valence-electron chi connectivity index (χ4n) is 2.02. The van der Waals surface area contributed by atoms with E-state index in [-0.39, 0.29) is 11.8 Å². The Balaban J connectivity index is 1.73. The maximum absolute atomic E-state index is 11.9. The number of thioether (sulfide) groups is 1. The van der Waals surface area contributed by atoms with Gasteiger partial charge < -0.3 is 10.1 Å². The van der Waals surface area contributed by atoms with Crippen LogP contribution in [0.1, 0.15) is 12.5 Å². The van der Waals surface area contributed by atoms with Crippen LogP contribution < -0.4 is 10.1 Å². The molecule has 0 radical (unpaired) electrons. The number of nitrogens with one attached hydrogen (secondary N) is 1. The van der Waals surface area contributed by atoms with Crippen molar-refractivity contribution < 1.29 is 14.3 Å². The van der Waals surface area contributed by atoms with Gasteiger partial charge in [0.2, 0.25) is 11.8 Å². The molecule has 0 unspecified atom stereocenters. The largest absolute Gasteiger partial charge is 0.494 e. The Bertz CT molecular complexity index is 544. The minimum Gasteiger partial charge on any atom is -0.494 e. The van der Waals surface area contributed by atoms with Gasteiger partial charge >= 0.3 is 0 Å². The predicted molar refractivity (Wildman–Crippen MR) is 91.1 cm³/mol. The molecule has 118 valence electrons. The first-order valence-corrected chi connectivity index (χ1v) is 8.45. The van der Waals surface area contributed by atoms with Crippen LogP contribution in [-0.2, 0) is 16.0 Å². The summed E-state index contributed by atoms with van der Waals surface area (Å²) >= 11 is 6.44. The van der Waals surface area contributed by atoms with Crippen LogP contribution in [-0.4, -0.2) is 46.5 Å². The summed E-state index contributed by atoms with van der Waals surface area (Å²) in [6.45, 7) is 3.38. The van der Waals surface area contributed by atoms with E-state index >= 15 is 0 Å². The van der Waals surface area contributed by atoms with Crippen LogP contribution in [0.3, 0.4) is 0 Å². The van der Waals surface area contributed by atoms with E-state index in [0.717, 1.165) is 11.3 Å². The summed E-state index contributed by atoms with van der Waals surface area (Å²) < 4.78 is 5.94. The van der Waals surface area contributed by atoms with Gasteiger partial charge in [-0.2, -0.15) is 0 Å². The van der Waals surface area contributed by atoms with Gasteiger partial charge in [0, 0.05) is 13.1 Å². The zero-order valence-corrected chi connectivity index (χ0v) is 14.0. The molecule has 5 nitrogen and oxygen atoms in total. The topological polar surface area (TPSA) is 58.6 Å². The molecule has 22 heavy (non-hydrogen) atoms. The second-order valence-electron chi connectivity index (χ2n) is 4.70. The van der Waals surface area contributed by atoms with E-state index in [1.807, 2.05) is 31.2 Å². The van der Waals surface area contributed by atoms with E-state index < -0.39 is 0 Å². The van der Waals surface area contributed by atoms with Crippen molar-refractivity contribution in [3.05, 3.63) is 29.8 Å². The molecule has 1 N–H and O–H groups in total. The van der Waals surface area contributed by atoms with Crippen molar-refractivity contribution in [2.45, 2.75) is 13.3 Å². The Hall–Kier alpha value is -1.60. The predicted octanol–water partition coefficient (Wildman–Crippen LogP) is 1.60. The quantitative estimate of drug-likeness (QED) is 0.766. The summed E-state index contributed by atoms with van der Waals surface area (Å²) in [6.07, 6.45) is 0.305. The average Bonchev–Trinajstić information content (AvgIpc) is 2.81. The Morgan fingerprint density at radius 2 is 2.14 bits per heavy atom. The molecule has 2 amide bonds. The lowest BCUT2D eigenvalue weighted by Crippen LogP contribution is -2.37. The number of ether oxygens (including phenoxy) is 1. The number of hydrogen-bond acceptors (Lipinski definition) is 5. The molecule has 1 aliphatic heterocycles. The van der Waals surface area contributed by atoms with Crippen molar-refractivity contribution in [2.24, 2.45) is 0 Å². The lowest BCUT2D eigenvalue weighted by Gasteiger charge is -2.15. The molecule has 7 heteroatoms. The van der Waals surface area contributed by atoms with Crippen LogP contribution in [0.15, 0.2) is 24.3 Å². The maximum atomic E-state index is 11.9. The highest BCUT2D eigenvalue weighted by Crippen LogP contribution is 2.18. The van der Waals surface area contributed by atoms with Gasteiger partial charge in [-0.15, -0.1) is 0 Å². The molecule has 0 aliphatic carbocycles. The summed E-state index contributed by atoms with van der Waals surface area (Å²) in [5, 5.41) is 2.81. The zero-order chi connectivity index (χ0) is 15.9. The van der Waals surface area contributed by atoms with Gasteiger partial charge in [0.15, 0.2) is 0 Å². The first-order chi connectivity index (χ1) is 10.6. The zero-order valence-electron chi connectivity index (χ0n) is 12.3. The van der Waals surface area contributed by atoms with E-state index in [9.17, 15) is 9.59 Å². The highest BCUT2D eigenvalue weighted by molar-refractivity contribution is 8.23. The number of nitrogens with zero attached hydrogens (tertiary/aromatic N) is 1. The minimum atomic E-state index is -0.0747. The Labute approximate surface area is 139 Å². The Morgan fingerprint density at radius 3 is 2.73 bits per heavy atom. The van der Waals surface area contributed by atoms with Gasteiger partial charge in [-0.3, -0.25) is 14.5 Å². The molecule has 0 bridgehead atoms. The monoisotopic (exact) mass is 338 g/mol. The fraction of sp³-hybridized carbons (Fsp3) is 0.400. The SMILES string of the molecule is CCOc1ccc(CC(=O)NCCN2C(=O)CSC2=S)cc1. The number of thiocarbonyl (C=S) groups is 1. The number of carbonyl (C=O) groups excluding carboxylic acids is 2. The number of rotatable bonds is 7. The lowest BCUT2D eigenvalue weighted by molar-refractivity contribution is -0.125. The van der Waals surface area contributed by atoms with Gasteiger partial charge in [-0.1, -0.05) is 36.1 Å². The molecule has 0 atom stereocenters. The lowest BCUT2D eigenvalue weighted by atomic mass is 10.1. The third-order valence-corrected chi connectivity index (χ3v) is 4.53. The fourth-order valence-corrected chi connectivity index (χ4v) is 3.14. The van der Waals surface area contributed by atoms with Crippen molar-refractivity contribution in [2.75, 3.05) is 25.4 Å². The van der Waals surface area contributed by atoms with Crippen molar-refractivity contribution in [3.63, 3.8) is 0 Å². The number of carbonyl (C=O) groups is 2. The van der Waals surface area contributed by atoms with Crippen LogP contribution in [0, 0.1) is 0 Å². The summed E-state index contributed by atoms with van der Waals surface area (Å²) in [5.74, 6) is 1.13. The third kappa shape index (κ3) is 4.71. The van der Waals surface area contributed by atoms with Crippen LogP contribution in [0.4, 0.5) is 0 Å². The molecule has 1 aromatic rings. The molecular weight excluding hydrogens is 320 g/mol. The smallest absolute Gasteiger partial charge is 0.238 e. The summed E-state index contributed by atoms with van der Waals surface area (Å²) in [6, 6.07) is 7.45. The molecule has 0 spiro atoms. The van der Waals surface area contributed by atoms with E-state index in [2.05, 4.69) is 5.32 Å². The number of amides is 2. The molecule has 1 heterocycles. The number of benzene rings is 1. The molecule has 0 aromatic heterocycles. The highest BCUT2D eigenvalue weighted by atomic mass is 32.2.